The zero-order valence-corrected chi connectivity index (χ0v) is 16.1. The van der Waals surface area contributed by atoms with Crippen LogP contribution in [0.15, 0.2) is 29.2 Å². The molecule has 0 aliphatic heterocycles. The molecule has 2 aromatic rings. The molecule has 0 atom stereocenters. The van der Waals surface area contributed by atoms with Gasteiger partial charge < -0.3 is 29.6 Å². The predicted octanol–water partition coefficient (Wildman–Crippen LogP) is 0.552. The molecular weight excluding hydrogens is 406 g/mol. The number of nitrogens with zero attached hydrogens (tertiary/aromatic N) is 1. The lowest BCUT2D eigenvalue weighted by molar-refractivity contribution is -0.0519. The highest BCUT2D eigenvalue weighted by Crippen LogP contribution is 2.17. The van der Waals surface area contributed by atoms with E-state index in [4.69, 9.17) is 9.47 Å². The van der Waals surface area contributed by atoms with E-state index in [1.807, 2.05) is 0 Å². The Morgan fingerprint density at radius 2 is 1.97 bits per heavy atom. The van der Waals surface area contributed by atoms with E-state index in [1.165, 1.54) is 6.92 Å². The molecule has 11 heteroatoms. The van der Waals surface area contributed by atoms with Crippen molar-refractivity contribution in [2.24, 2.45) is 0 Å². The van der Waals surface area contributed by atoms with Crippen LogP contribution < -0.4 is 15.5 Å². The van der Waals surface area contributed by atoms with Crippen LogP contribution in [0, 0.1) is 11.6 Å². The monoisotopic (exact) mass is 426 g/mol. The first kappa shape index (κ1) is 23.0. The quantitative estimate of drug-likeness (QED) is 0.416. The summed E-state index contributed by atoms with van der Waals surface area (Å²) in [4.78, 5) is 37.4. The van der Waals surface area contributed by atoms with Gasteiger partial charge in [-0.1, -0.05) is 6.07 Å². The lowest BCUT2D eigenvalue weighted by atomic mass is 10.1. The summed E-state index contributed by atoms with van der Waals surface area (Å²) in [6.45, 7) is 0.583. The van der Waals surface area contributed by atoms with Crippen molar-refractivity contribution in [3.05, 3.63) is 63.1 Å². The summed E-state index contributed by atoms with van der Waals surface area (Å²) in [6.07, 6.45) is -0.984. The second kappa shape index (κ2) is 9.94. The van der Waals surface area contributed by atoms with Gasteiger partial charge in [0.25, 0.3) is 5.91 Å². The molecule has 1 aromatic carbocycles. The first-order valence-electron chi connectivity index (χ1n) is 8.76. The number of methoxy groups -OCH3 is 1. The summed E-state index contributed by atoms with van der Waals surface area (Å²) < 4.78 is 37.5. The fourth-order valence-electron chi connectivity index (χ4n) is 2.66. The van der Waals surface area contributed by atoms with Crippen molar-refractivity contribution >= 4 is 11.9 Å². The number of nitrogens with one attached hydrogen (secondary N) is 1. The second-order valence-corrected chi connectivity index (χ2v) is 6.03. The molecule has 0 radical (unpaired) electrons. The summed E-state index contributed by atoms with van der Waals surface area (Å²) in [5.74, 6) is -4.11. The number of rotatable bonds is 8. The molecule has 3 N–H and O–H groups in total. The number of benzene rings is 1. The van der Waals surface area contributed by atoms with Gasteiger partial charge in [-0.2, -0.15) is 0 Å². The maximum absolute atomic E-state index is 13.7. The molecule has 1 aromatic heterocycles. The minimum atomic E-state index is -1.92. The van der Waals surface area contributed by atoms with Gasteiger partial charge in [0.1, 0.15) is 17.2 Å². The highest BCUT2D eigenvalue weighted by Gasteiger charge is 2.26. The summed E-state index contributed by atoms with van der Waals surface area (Å²) >= 11 is 0. The Morgan fingerprint density at radius 3 is 2.53 bits per heavy atom. The number of amides is 1. The Morgan fingerprint density at radius 1 is 1.27 bits per heavy atom. The molecule has 162 valence electrons. The van der Waals surface area contributed by atoms with Crippen LogP contribution in [0.2, 0.25) is 0 Å². The highest BCUT2D eigenvalue weighted by atomic mass is 19.1. The van der Waals surface area contributed by atoms with Crippen molar-refractivity contribution in [1.29, 1.82) is 0 Å². The zero-order valence-electron chi connectivity index (χ0n) is 16.1. The Bertz CT molecular complexity index is 1010. The van der Waals surface area contributed by atoms with Crippen LogP contribution in [0.3, 0.4) is 0 Å². The summed E-state index contributed by atoms with van der Waals surface area (Å²) in [6, 6.07) is 2.79. The van der Waals surface area contributed by atoms with Gasteiger partial charge in [0.2, 0.25) is 5.43 Å². The van der Waals surface area contributed by atoms with Crippen molar-refractivity contribution in [1.82, 2.24) is 9.88 Å². The number of hydrogen-bond acceptors (Lipinski definition) is 7. The third-order valence-corrected chi connectivity index (χ3v) is 3.97. The minimum absolute atomic E-state index is 0.0223. The van der Waals surface area contributed by atoms with Crippen LogP contribution >= 0.6 is 0 Å². The number of aromatic nitrogens is 1. The maximum Gasteiger partial charge on any atom is 0.359 e. The molecule has 1 amide bonds. The minimum Gasteiger partial charge on any atom is -0.491 e. The number of hydrogen-bond donors (Lipinski definition) is 3. The van der Waals surface area contributed by atoms with Crippen LogP contribution in [-0.4, -0.2) is 46.7 Å². The van der Waals surface area contributed by atoms with E-state index >= 15 is 0 Å². The molecule has 0 saturated carbocycles. The number of carbonyl (C=O) groups is 2. The van der Waals surface area contributed by atoms with Crippen LogP contribution in [0.25, 0.3) is 0 Å². The lowest BCUT2D eigenvalue weighted by Gasteiger charge is -2.18. The predicted molar refractivity (Wildman–Crippen MR) is 99.0 cm³/mol. The van der Waals surface area contributed by atoms with Gasteiger partial charge in [-0.15, -0.1) is 0 Å². The van der Waals surface area contributed by atoms with E-state index in [-0.39, 0.29) is 18.7 Å². The molecule has 30 heavy (non-hydrogen) atoms. The van der Waals surface area contributed by atoms with Crippen molar-refractivity contribution in [3.63, 3.8) is 0 Å². The van der Waals surface area contributed by atoms with Crippen LogP contribution in [0.5, 0.6) is 5.75 Å². The zero-order chi connectivity index (χ0) is 22.4. The number of halogens is 2. The smallest absolute Gasteiger partial charge is 0.359 e. The largest absolute Gasteiger partial charge is 0.491 e. The van der Waals surface area contributed by atoms with Crippen molar-refractivity contribution in [2.75, 3.05) is 13.7 Å². The van der Waals surface area contributed by atoms with Gasteiger partial charge in [0.15, 0.2) is 17.7 Å². The van der Waals surface area contributed by atoms with Gasteiger partial charge in [0, 0.05) is 24.4 Å². The number of aliphatic hydroxyl groups excluding tert-OH is 1. The summed E-state index contributed by atoms with van der Waals surface area (Å²) in [5, 5.41) is 20.9. The van der Waals surface area contributed by atoms with Crippen LogP contribution in [0.1, 0.15) is 33.3 Å². The normalized spacial score (nSPS) is 10.8. The van der Waals surface area contributed by atoms with Crippen molar-refractivity contribution in [3.8, 4) is 5.75 Å². The number of carbonyl (C=O) groups excluding carboxylic acids is 2. The molecule has 0 bridgehead atoms. The van der Waals surface area contributed by atoms with E-state index < -0.39 is 58.8 Å². The Balaban J connectivity index is 2.44. The van der Waals surface area contributed by atoms with E-state index in [1.54, 1.807) is 0 Å². The van der Waals surface area contributed by atoms with Crippen molar-refractivity contribution in [2.45, 2.75) is 26.3 Å². The molecule has 9 nitrogen and oxygen atoms in total. The summed E-state index contributed by atoms with van der Waals surface area (Å²) in [7, 11) is 1.09. The van der Waals surface area contributed by atoms with E-state index in [9.17, 15) is 33.4 Å². The molecule has 0 saturated heterocycles. The van der Waals surface area contributed by atoms with Gasteiger partial charge in [-0.25, -0.2) is 13.6 Å². The maximum atomic E-state index is 13.7. The SMILES string of the molecule is CCOC(=O)c1c(OC)c(=O)c(C(=O)NCc2ccc(F)cc2F)cn1CC(O)O. The van der Waals surface area contributed by atoms with E-state index in [2.05, 4.69) is 5.32 Å². The Hall–Kier alpha value is -3.31. The molecule has 0 spiro atoms. The molecule has 1 heterocycles. The molecular formula is C19H20F2N2O7. The van der Waals surface area contributed by atoms with Gasteiger partial charge >= 0.3 is 5.97 Å². The fourth-order valence-corrected chi connectivity index (χ4v) is 2.66. The van der Waals surface area contributed by atoms with Crippen LogP contribution in [0.4, 0.5) is 8.78 Å². The molecule has 0 fully saturated rings. The van der Waals surface area contributed by atoms with Crippen molar-refractivity contribution < 1.29 is 38.1 Å². The highest BCUT2D eigenvalue weighted by molar-refractivity contribution is 5.96. The average molecular weight is 426 g/mol. The third-order valence-electron chi connectivity index (χ3n) is 3.97. The van der Waals surface area contributed by atoms with E-state index in [0.29, 0.717) is 6.07 Å². The van der Waals surface area contributed by atoms with Gasteiger partial charge in [0.05, 0.1) is 20.3 Å². The second-order valence-electron chi connectivity index (χ2n) is 6.03. The number of aliphatic hydroxyl groups is 2. The van der Waals surface area contributed by atoms with E-state index in [0.717, 1.165) is 30.0 Å². The molecule has 0 aliphatic rings. The first-order valence-corrected chi connectivity index (χ1v) is 8.76. The average Bonchev–Trinajstić information content (AvgIpc) is 2.67. The third kappa shape index (κ3) is 5.19. The Labute approximate surface area is 169 Å². The number of pyridine rings is 1. The number of ether oxygens (including phenoxy) is 2. The first-order chi connectivity index (χ1) is 14.2. The number of esters is 1. The van der Waals surface area contributed by atoms with Gasteiger partial charge in [-0.05, 0) is 13.0 Å². The lowest BCUT2D eigenvalue weighted by Crippen LogP contribution is -2.33. The Kier molecular flexibility index (Phi) is 7.61. The molecule has 0 aliphatic carbocycles. The molecule has 0 unspecified atom stereocenters. The standard InChI is InChI=1S/C19H20F2N2O7/c1-3-30-19(28)15-17(29-2)16(26)12(8-23(15)9-14(24)25)18(27)22-7-10-4-5-11(20)6-13(10)21/h4-6,8,14,24-25H,3,7,9H2,1-2H3,(H,22,27). The topological polar surface area (TPSA) is 127 Å². The van der Waals surface area contributed by atoms with Gasteiger partial charge in [-0.3, -0.25) is 9.59 Å². The van der Waals surface area contributed by atoms with Crippen LogP contribution in [-0.2, 0) is 17.8 Å². The molecule has 2 rings (SSSR count). The summed E-state index contributed by atoms with van der Waals surface area (Å²) in [5.41, 5.74) is -1.88. The fraction of sp³-hybridized carbons (Fsp3) is 0.316.